The van der Waals surface area contributed by atoms with Gasteiger partial charge in [0, 0.05) is 0 Å². The molecule has 1 unspecified atom stereocenters. The summed E-state index contributed by atoms with van der Waals surface area (Å²) >= 11 is 0. The van der Waals surface area contributed by atoms with Crippen LogP contribution >= 0.6 is 0 Å². The minimum absolute atomic E-state index is 0.148. The van der Waals surface area contributed by atoms with Crippen molar-refractivity contribution in [3.8, 4) is 0 Å². The molecule has 0 saturated heterocycles. The third-order valence-corrected chi connectivity index (χ3v) is 2.97. The molecule has 0 rings (SSSR count). The van der Waals surface area contributed by atoms with Crippen molar-refractivity contribution in [2.24, 2.45) is 0 Å². The Labute approximate surface area is 111 Å². The molecule has 106 valence electrons. The van der Waals surface area contributed by atoms with Crippen molar-refractivity contribution in [1.82, 2.24) is 0 Å². The fourth-order valence-corrected chi connectivity index (χ4v) is 1.87. The lowest BCUT2D eigenvalue weighted by Crippen LogP contribution is -2.12. The molecule has 0 aliphatic carbocycles. The van der Waals surface area contributed by atoms with Crippen molar-refractivity contribution in [1.29, 1.82) is 0 Å². The smallest absolute Gasteiger partial charge is 0.305 e. The summed E-state index contributed by atoms with van der Waals surface area (Å²) < 4.78 is 0. The highest BCUT2D eigenvalue weighted by atomic mass is 16.4. The number of carboxylic acid groups (broad SMARTS) is 1. The van der Waals surface area contributed by atoms with Crippen LogP contribution in [0.1, 0.15) is 71.1 Å². The molecule has 0 bridgehead atoms. The van der Waals surface area contributed by atoms with Gasteiger partial charge in [-0.05, 0) is 25.7 Å². The average molecular weight is 256 g/mol. The Bertz CT molecular complexity index is 224. The highest BCUT2D eigenvalue weighted by Crippen LogP contribution is 2.08. The first-order valence-electron chi connectivity index (χ1n) is 7.21. The number of hydrogen-bond donors (Lipinski definition) is 2. The van der Waals surface area contributed by atoms with Gasteiger partial charge in [-0.15, -0.1) is 0 Å². The number of allylic oxidation sites excluding steroid dienone is 2. The monoisotopic (exact) mass is 256 g/mol. The van der Waals surface area contributed by atoms with Crippen LogP contribution in [0.4, 0.5) is 0 Å². The lowest BCUT2D eigenvalue weighted by molar-refractivity contribution is -0.139. The van der Waals surface area contributed by atoms with Crippen LogP contribution < -0.4 is 0 Å². The van der Waals surface area contributed by atoms with Crippen LogP contribution in [0.5, 0.6) is 0 Å². The second-order valence-electron chi connectivity index (χ2n) is 4.86. The van der Waals surface area contributed by atoms with Gasteiger partial charge in [-0.2, -0.15) is 0 Å². The van der Waals surface area contributed by atoms with Crippen molar-refractivity contribution in [3.63, 3.8) is 0 Å². The quantitative estimate of drug-likeness (QED) is 0.411. The number of unbranched alkanes of at least 4 members (excludes halogenated alkanes) is 6. The summed E-state index contributed by atoms with van der Waals surface area (Å²) in [5.41, 5.74) is 0. The van der Waals surface area contributed by atoms with E-state index in [4.69, 9.17) is 5.11 Å². The van der Waals surface area contributed by atoms with Crippen LogP contribution in [0.25, 0.3) is 0 Å². The van der Waals surface area contributed by atoms with Crippen LogP contribution in [0, 0.1) is 0 Å². The Morgan fingerprint density at radius 1 is 1.06 bits per heavy atom. The molecule has 3 heteroatoms. The van der Waals surface area contributed by atoms with Gasteiger partial charge in [-0.25, -0.2) is 0 Å². The largest absolute Gasteiger partial charge is 0.481 e. The molecular formula is C15H28O3. The zero-order valence-corrected chi connectivity index (χ0v) is 11.6. The minimum Gasteiger partial charge on any atom is -0.481 e. The number of rotatable bonds is 12. The molecule has 1 atom stereocenters. The van der Waals surface area contributed by atoms with Gasteiger partial charge < -0.3 is 10.2 Å². The zero-order chi connectivity index (χ0) is 13.6. The maximum Gasteiger partial charge on any atom is 0.305 e. The van der Waals surface area contributed by atoms with E-state index in [-0.39, 0.29) is 6.42 Å². The van der Waals surface area contributed by atoms with Gasteiger partial charge in [0.15, 0.2) is 0 Å². The van der Waals surface area contributed by atoms with E-state index in [2.05, 4.69) is 19.1 Å². The Kier molecular flexibility index (Phi) is 12.0. The van der Waals surface area contributed by atoms with E-state index in [1.165, 1.54) is 38.5 Å². The standard InChI is InChI=1S/C15H28O3/c1-2-3-4-5-6-7-8-9-10-11-12-14(16)13-15(17)18/h9-10,14,16H,2-8,11-13H2,1H3,(H,17,18). The lowest BCUT2D eigenvalue weighted by atomic mass is 10.1. The molecule has 0 saturated carbocycles. The van der Waals surface area contributed by atoms with Crippen molar-refractivity contribution in [3.05, 3.63) is 12.2 Å². The molecule has 0 spiro atoms. The van der Waals surface area contributed by atoms with Crippen molar-refractivity contribution in [2.45, 2.75) is 77.2 Å². The van der Waals surface area contributed by atoms with Gasteiger partial charge in [0.25, 0.3) is 0 Å². The number of aliphatic hydroxyl groups is 1. The minimum atomic E-state index is -0.932. The molecule has 0 fully saturated rings. The summed E-state index contributed by atoms with van der Waals surface area (Å²) in [5.74, 6) is -0.932. The van der Waals surface area contributed by atoms with Gasteiger partial charge >= 0.3 is 5.97 Å². The van der Waals surface area contributed by atoms with E-state index >= 15 is 0 Å². The van der Waals surface area contributed by atoms with Crippen molar-refractivity contribution in [2.75, 3.05) is 0 Å². The third-order valence-electron chi connectivity index (χ3n) is 2.97. The Morgan fingerprint density at radius 3 is 2.33 bits per heavy atom. The van der Waals surface area contributed by atoms with E-state index in [1.807, 2.05) is 0 Å². The van der Waals surface area contributed by atoms with E-state index in [0.29, 0.717) is 6.42 Å². The molecule has 0 aromatic heterocycles. The Hall–Kier alpha value is -0.830. The molecule has 0 amide bonds. The Morgan fingerprint density at radius 2 is 1.67 bits per heavy atom. The average Bonchev–Trinajstić information content (AvgIpc) is 2.30. The highest BCUT2D eigenvalue weighted by molar-refractivity contribution is 5.67. The van der Waals surface area contributed by atoms with Crippen LogP contribution in [0.2, 0.25) is 0 Å². The van der Waals surface area contributed by atoms with E-state index < -0.39 is 12.1 Å². The fraction of sp³-hybridized carbons (Fsp3) is 0.800. The second kappa shape index (κ2) is 12.6. The molecule has 2 N–H and O–H groups in total. The van der Waals surface area contributed by atoms with Gasteiger partial charge in [0.2, 0.25) is 0 Å². The first-order valence-corrected chi connectivity index (χ1v) is 7.21. The fourth-order valence-electron chi connectivity index (χ4n) is 1.87. The van der Waals surface area contributed by atoms with Crippen LogP contribution in [-0.4, -0.2) is 22.3 Å². The summed E-state index contributed by atoms with van der Waals surface area (Å²) in [7, 11) is 0. The highest BCUT2D eigenvalue weighted by Gasteiger charge is 2.07. The predicted octanol–water partition coefficient (Wildman–Crippen LogP) is 3.91. The van der Waals surface area contributed by atoms with Crippen molar-refractivity contribution < 1.29 is 15.0 Å². The third kappa shape index (κ3) is 13.2. The van der Waals surface area contributed by atoms with Crippen molar-refractivity contribution >= 4 is 5.97 Å². The maximum absolute atomic E-state index is 10.3. The molecule has 0 aromatic rings. The van der Waals surface area contributed by atoms with Gasteiger partial charge in [-0.3, -0.25) is 4.79 Å². The SMILES string of the molecule is CCCCCCCCC=CCCC(O)CC(=O)O. The molecule has 0 aromatic carbocycles. The Balaban J connectivity index is 3.25. The number of carboxylic acids is 1. The van der Waals surface area contributed by atoms with Crippen LogP contribution in [0.15, 0.2) is 12.2 Å². The molecule has 0 aliphatic heterocycles. The normalized spacial score (nSPS) is 13.0. The summed E-state index contributed by atoms with van der Waals surface area (Å²) in [6, 6.07) is 0. The molecular weight excluding hydrogens is 228 g/mol. The number of hydrogen-bond acceptors (Lipinski definition) is 2. The zero-order valence-electron chi connectivity index (χ0n) is 11.6. The van der Waals surface area contributed by atoms with E-state index in [9.17, 15) is 9.90 Å². The van der Waals surface area contributed by atoms with Gasteiger partial charge in [-0.1, -0.05) is 51.2 Å². The molecule has 0 radical (unpaired) electrons. The first kappa shape index (κ1) is 17.2. The molecule has 0 aliphatic rings. The van der Waals surface area contributed by atoms with E-state index in [0.717, 1.165) is 12.8 Å². The maximum atomic E-state index is 10.3. The topological polar surface area (TPSA) is 57.5 Å². The van der Waals surface area contributed by atoms with Crippen LogP contribution in [-0.2, 0) is 4.79 Å². The summed E-state index contributed by atoms with van der Waals surface area (Å²) in [6.45, 7) is 2.22. The van der Waals surface area contributed by atoms with Gasteiger partial charge in [0.1, 0.15) is 0 Å². The number of aliphatic hydroxyl groups excluding tert-OH is 1. The number of carbonyl (C=O) groups is 1. The van der Waals surface area contributed by atoms with Crippen LogP contribution in [0.3, 0.4) is 0 Å². The summed E-state index contributed by atoms with van der Waals surface area (Å²) in [6.07, 6.45) is 13.6. The summed E-state index contributed by atoms with van der Waals surface area (Å²) in [4.78, 5) is 10.3. The van der Waals surface area contributed by atoms with Gasteiger partial charge in [0.05, 0.1) is 12.5 Å². The molecule has 0 heterocycles. The predicted molar refractivity (Wildman–Crippen MR) is 74.6 cm³/mol. The summed E-state index contributed by atoms with van der Waals surface area (Å²) in [5, 5.41) is 17.8. The second-order valence-corrected chi connectivity index (χ2v) is 4.86. The molecule has 3 nitrogen and oxygen atoms in total. The first-order chi connectivity index (χ1) is 8.66. The number of aliphatic carboxylic acids is 1. The van der Waals surface area contributed by atoms with E-state index in [1.54, 1.807) is 0 Å². The molecule has 18 heavy (non-hydrogen) atoms. The lowest BCUT2D eigenvalue weighted by Gasteiger charge is -2.04.